The van der Waals surface area contributed by atoms with E-state index in [-0.39, 0.29) is 5.63 Å². The smallest absolute Gasteiger partial charge is 0.343 e. The fourth-order valence-corrected chi connectivity index (χ4v) is 6.13. The van der Waals surface area contributed by atoms with E-state index in [4.69, 9.17) is 15.2 Å². The van der Waals surface area contributed by atoms with Gasteiger partial charge < -0.3 is 10.2 Å². The van der Waals surface area contributed by atoms with Gasteiger partial charge in [-0.2, -0.15) is 5.10 Å². The average Bonchev–Trinajstić information content (AvgIpc) is 3.47. The first-order valence-corrected chi connectivity index (χ1v) is 13.0. The molecule has 2 unspecified atom stereocenters. The molecule has 1 fully saturated rings. The zero-order valence-electron chi connectivity index (χ0n) is 20.0. The monoisotopic (exact) mass is 592 g/mol. The van der Waals surface area contributed by atoms with Crippen molar-refractivity contribution in [1.29, 1.82) is 0 Å². The summed E-state index contributed by atoms with van der Waals surface area (Å²) in [7, 11) is 2.17. The van der Waals surface area contributed by atoms with Crippen LogP contribution in [0.25, 0.3) is 32.9 Å². The second-order valence-electron chi connectivity index (χ2n) is 9.31. The van der Waals surface area contributed by atoms with Crippen LogP contribution in [0.3, 0.4) is 0 Å². The molecule has 2 N–H and O–H groups in total. The Hall–Kier alpha value is -3.31. The predicted octanol–water partition coefficient (Wildman–Crippen LogP) is 5.16. The van der Waals surface area contributed by atoms with Crippen LogP contribution in [0.1, 0.15) is 43.2 Å². The lowest BCUT2D eigenvalue weighted by Gasteiger charge is -2.22. The van der Waals surface area contributed by atoms with Gasteiger partial charge in [0.05, 0.1) is 10.8 Å². The van der Waals surface area contributed by atoms with E-state index in [0.29, 0.717) is 37.7 Å². The van der Waals surface area contributed by atoms with Gasteiger partial charge in [0.15, 0.2) is 5.65 Å². The van der Waals surface area contributed by atoms with Crippen molar-refractivity contribution in [1.82, 2.24) is 24.6 Å². The van der Waals surface area contributed by atoms with Crippen molar-refractivity contribution in [3.63, 3.8) is 0 Å². The van der Waals surface area contributed by atoms with E-state index in [2.05, 4.69) is 68.8 Å². The number of halogens is 1. The van der Waals surface area contributed by atoms with Gasteiger partial charge in [0.2, 0.25) is 0 Å². The second kappa shape index (κ2) is 8.97. The zero-order valence-corrected chi connectivity index (χ0v) is 22.1. The summed E-state index contributed by atoms with van der Waals surface area (Å²) in [5, 5.41) is 6.82. The molecule has 9 heteroatoms. The minimum Gasteiger partial charge on any atom is -0.424 e. The Bertz CT molecular complexity index is 1680. The minimum absolute atomic E-state index is 0.372. The lowest BCUT2D eigenvalue weighted by atomic mass is 9.93. The summed E-state index contributed by atoms with van der Waals surface area (Å²) in [5.41, 5.74) is 9.52. The fourth-order valence-electron chi connectivity index (χ4n) is 5.38. The molecule has 182 valence electrons. The van der Waals surface area contributed by atoms with Crippen LogP contribution in [0, 0.1) is 3.70 Å². The molecule has 1 aliphatic rings. The molecule has 8 nitrogen and oxygen atoms in total. The van der Waals surface area contributed by atoms with E-state index >= 15 is 0 Å². The third-order valence-electron chi connectivity index (χ3n) is 7.17. The molecule has 0 amide bonds. The van der Waals surface area contributed by atoms with E-state index in [0.717, 1.165) is 29.5 Å². The Morgan fingerprint density at radius 1 is 1.14 bits per heavy atom. The maximum Gasteiger partial charge on any atom is 0.343 e. The number of anilines is 1. The highest BCUT2D eigenvalue weighted by atomic mass is 127. The number of likely N-dealkylation sites (tertiary alicyclic amines) is 1. The third-order valence-corrected chi connectivity index (χ3v) is 7.92. The Morgan fingerprint density at radius 3 is 2.72 bits per heavy atom. The third kappa shape index (κ3) is 3.68. The summed E-state index contributed by atoms with van der Waals surface area (Å²) in [5.74, 6) is 0.907. The SMILES string of the molecule is CC(c1oc(=O)c2ccccc2c1-c1cccc(C2CCCN2C)c1)n1nc(I)c2c(N)ncnc21. The van der Waals surface area contributed by atoms with Crippen LogP contribution in [-0.4, -0.2) is 38.2 Å². The first-order chi connectivity index (χ1) is 17.4. The van der Waals surface area contributed by atoms with Crippen LogP contribution in [0.4, 0.5) is 5.82 Å². The van der Waals surface area contributed by atoms with Crippen LogP contribution in [0.2, 0.25) is 0 Å². The summed E-state index contributed by atoms with van der Waals surface area (Å²) in [6.45, 7) is 3.06. The summed E-state index contributed by atoms with van der Waals surface area (Å²) in [6.07, 6.45) is 3.75. The van der Waals surface area contributed by atoms with Crippen molar-refractivity contribution in [3.05, 3.63) is 80.3 Å². The molecule has 0 aliphatic carbocycles. The van der Waals surface area contributed by atoms with E-state index in [9.17, 15) is 4.79 Å². The largest absolute Gasteiger partial charge is 0.424 e. The number of nitrogen functional groups attached to an aromatic ring is 1. The molecule has 0 bridgehead atoms. The Morgan fingerprint density at radius 2 is 1.94 bits per heavy atom. The molecule has 6 rings (SSSR count). The number of fused-ring (bicyclic) bond motifs is 2. The van der Waals surface area contributed by atoms with Crippen LogP contribution in [0.15, 0.2) is 64.1 Å². The van der Waals surface area contributed by atoms with Crippen molar-refractivity contribution in [3.8, 4) is 11.1 Å². The van der Waals surface area contributed by atoms with Gasteiger partial charge in [-0.25, -0.2) is 19.4 Å². The number of hydrogen-bond donors (Lipinski definition) is 1. The molecule has 5 aromatic rings. The summed E-state index contributed by atoms with van der Waals surface area (Å²) >= 11 is 2.14. The molecule has 2 atom stereocenters. The molecule has 0 radical (unpaired) electrons. The van der Waals surface area contributed by atoms with Gasteiger partial charge in [0.1, 0.15) is 27.6 Å². The first-order valence-electron chi connectivity index (χ1n) is 11.9. The van der Waals surface area contributed by atoms with Crippen LogP contribution in [0.5, 0.6) is 0 Å². The lowest BCUT2D eigenvalue weighted by Crippen LogP contribution is -2.17. The van der Waals surface area contributed by atoms with E-state index in [1.54, 1.807) is 4.68 Å². The van der Waals surface area contributed by atoms with Gasteiger partial charge in [-0.1, -0.05) is 36.4 Å². The molecular weight excluding hydrogens is 567 g/mol. The van der Waals surface area contributed by atoms with E-state index in [1.165, 1.54) is 18.3 Å². The predicted molar refractivity (Wildman–Crippen MR) is 149 cm³/mol. The highest BCUT2D eigenvalue weighted by molar-refractivity contribution is 14.1. The van der Waals surface area contributed by atoms with Gasteiger partial charge in [-0.15, -0.1) is 0 Å². The number of nitrogens with two attached hydrogens (primary N) is 1. The summed E-state index contributed by atoms with van der Waals surface area (Å²) in [4.78, 5) is 24.1. The van der Waals surface area contributed by atoms with Crippen molar-refractivity contribution in [2.45, 2.75) is 31.8 Å². The number of nitrogens with zero attached hydrogens (tertiary/aromatic N) is 5. The van der Waals surface area contributed by atoms with Gasteiger partial charge in [0.25, 0.3) is 0 Å². The number of aromatic nitrogens is 4. The molecular formula is C27H25IN6O2. The van der Waals surface area contributed by atoms with Crippen LogP contribution >= 0.6 is 22.6 Å². The van der Waals surface area contributed by atoms with Crippen molar-refractivity contribution >= 4 is 50.2 Å². The van der Waals surface area contributed by atoms with E-state index in [1.807, 2.05) is 31.2 Å². The second-order valence-corrected chi connectivity index (χ2v) is 10.3. The van der Waals surface area contributed by atoms with Gasteiger partial charge in [0, 0.05) is 17.0 Å². The van der Waals surface area contributed by atoms with Crippen molar-refractivity contribution < 1.29 is 4.42 Å². The summed E-state index contributed by atoms with van der Waals surface area (Å²) < 4.78 is 8.53. The van der Waals surface area contributed by atoms with Gasteiger partial charge in [-0.3, -0.25) is 4.90 Å². The molecule has 0 spiro atoms. The van der Waals surface area contributed by atoms with Crippen LogP contribution in [-0.2, 0) is 0 Å². The molecule has 2 aromatic carbocycles. The highest BCUT2D eigenvalue weighted by Gasteiger charge is 2.27. The normalized spacial score (nSPS) is 17.2. The quantitative estimate of drug-likeness (QED) is 0.288. The Kier molecular flexibility index (Phi) is 5.76. The molecule has 36 heavy (non-hydrogen) atoms. The van der Waals surface area contributed by atoms with Crippen molar-refractivity contribution in [2.24, 2.45) is 0 Å². The van der Waals surface area contributed by atoms with Crippen LogP contribution < -0.4 is 11.4 Å². The Balaban J connectivity index is 1.60. The number of rotatable bonds is 4. The van der Waals surface area contributed by atoms with Gasteiger partial charge >= 0.3 is 5.63 Å². The fraction of sp³-hybridized carbons (Fsp3) is 0.259. The maximum absolute atomic E-state index is 13.1. The Labute approximate surface area is 221 Å². The average molecular weight is 592 g/mol. The van der Waals surface area contributed by atoms with E-state index < -0.39 is 6.04 Å². The summed E-state index contributed by atoms with van der Waals surface area (Å²) in [6, 6.07) is 16.2. The minimum atomic E-state index is -0.421. The topological polar surface area (TPSA) is 103 Å². The maximum atomic E-state index is 13.1. The molecule has 3 aromatic heterocycles. The molecule has 0 saturated carbocycles. The molecule has 1 aliphatic heterocycles. The zero-order chi connectivity index (χ0) is 25.0. The number of benzene rings is 2. The number of hydrogen-bond acceptors (Lipinski definition) is 7. The van der Waals surface area contributed by atoms with Crippen molar-refractivity contribution in [2.75, 3.05) is 19.3 Å². The lowest BCUT2D eigenvalue weighted by molar-refractivity contribution is 0.317. The standard InChI is InChI=1S/C27H25IN6O2/c1-15(34-26-22(24(28)32-34)25(29)30-14-31-26)23-21(18-9-3-4-10-19(18)27(35)36-23)17-8-5-7-16(13-17)20-11-6-12-33(20)2/h3-5,7-10,13-15,20H,6,11-12H2,1-2H3,(H2,29,30,31). The highest BCUT2D eigenvalue weighted by Crippen LogP contribution is 2.39. The molecule has 1 saturated heterocycles. The first kappa shape index (κ1) is 23.1. The van der Waals surface area contributed by atoms with Gasteiger partial charge in [-0.05, 0) is 79.2 Å². The molecule has 4 heterocycles.